The molecule has 8 heteroatoms. The molecule has 1 aliphatic rings. The first-order valence-corrected chi connectivity index (χ1v) is 12.3. The van der Waals surface area contributed by atoms with Crippen molar-refractivity contribution in [3.05, 3.63) is 88.6 Å². The summed E-state index contributed by atoms with van der Waals surface area (Å²) in [6.45, 7) is 3.83. The number of anilines is 1. The highest BCUT2D eigenvalue weighted by atomic mass is 32.2. The molecule has 1 N–H and O–H groups in total. The van der Waals surface area contributed by atoms with Crippen LogP contribution < -0.4 is 5.32 Å². The first kappa shape index (κ1) is 25.0. The lowest BCUT2D eigenvalue weighted by Gasteiger charge is -2.33. The van der Waals surface area contributed by atoms with Crippen LogP contribution in [-0.2, 0) is 29.2 Å². The van der Waals surface area contributed by atoms with Gasteiger partial charge in [-0.3, -0.25) is 9.59 Å². The van der Waals surface area contributed by atoms with E-state index in [1.807, 2.05) is 24.3 Å². The number of Topliss-reactive ketones (excluding diaryl/α,β-unsaturated/α-hetero) is 1. The third-order valence-corrected chi connectivity index (χ3v) is 7.19. The number of amides is 1. The number of aryl methyl sites for hydroxylation is 1. The Morgan fingerprint density at radius 2 is 1.74 bits per heavy atom. The van der Waals surface area contributed by atoms with Gasteiger partial charge >= 0.3 is 6.18 Å². The van der Waals surface area contributed by atoms with Crippen LogP contribution in [0.25, 0.3) is 0 Å². The van der Waals surface area contributed by atoms with E-state index < -0.39 is 17.2 Å². The lowest BCUT2D eigenvalue weighted by atomic mass is 9.69. The quantitative estimate of drug-likeness (QED) is 0.395. The molecule has 182 valence electrons. The highest BCUT2D eigenvalue weighted by molar-refractivity contribution is 7.99. The van der Waals surface area contributed by atoms with Crippen molar-refractivity contribution in [3.8, 4) is 0 Å². The van der Waals surface area contributed by atoms with Crippen molar-refractivity contribution in [2.75, 3.05) is 11.1 Å². The zero-order valence-corrected chi connectivity index (χ0v) is 20.2. The van der Waals surface area contributed by atoms with Gasteiger partial charge in [-0.05, 0) is 73.0 Å². The lowest BCUT2D eigenvalue weighted by Crippen LogP contribution is -2.38. The highest BCUT2D eigenvalue weighted by Crippen LogP contribution is 2.39. The van der Waals surface area contributed by atoms with Crippen LogP contribution in [0.5, 0.6) is 0 Å². The molecule has 1 unspecified atom stereocenters. The molecule has 3 aromatic rings. The summed E-state index contributed by atoms with van der Waals surface area (Å²) in [5.74, 6) is 0.965. The largest absolute Gasteiger partial charge is 0.416 e. The Balaban J connectivity index is 1.46. The number of ketones is 1. The van der Waals surface area contributed by atoms with E-state index in [-0.39, 0.29) is 18.1 Å². The molecule has 4 nitrogen and oxygen atoms in total. The molecule has 1 aromatic heterocycles. The number of thioether (sulfide) groups is 1. The van der Waals surface area contributed by atoms with Gasteiger partial charge in [-0.1, -0.05) is 31.2 Å². The number of pyridine rings is 1. The van der Waals surface area contributed by atoms with Crippen molar-refractivity contribution in [2.24, 2.45) is 0 Å². The minimum Gasteiger partial charge on any atom is -0.310 e. The topological polar surface area (TPSA) is 59.1 Å². The summed E-state index contributed by atoms with van der Waals surface area (Å²) in [4.78, 5) is 31.5. The fraction of sp³-hybridized carbons (Fsp3) is 0.296. The number of benzene rings is 2. The molecular formula is C27H25F3N2O2S. The molecule has 0 radical (unpaired) electrons. The minimum atomic E-state index is -4.43. The van der Waals surface area contributed by atoms with E-state index in [4.69, 9.17) is 0 Å². The molecule has 1 aliphatic carbocycles. The zero-order chi connectivity index (χ0) is 25.2. The summed E-state index contributed by atoms with van der Waals surface area (Å²) in [7, 11) is 0. The summed E-state index contributed by atoms with van der Waals surface area (Å²) in [5, 5.41) is 2.79. The summed E-state index contributed by atoms with van der Waals surface area (Å²) in [6, 6.07) is 15.8. The first-order chi connectivity index (χ1) is 16.6. The first-order valence-electron chi connectivity index (χ1n) is 11.3. The average Bonchev–Trinajstić information content (AvgIpc) is 2.82. The molecule has 2 aromatic carbocycles. The number of rotatable bonds is 6. The number of nitrogens with zero attached hydrogens (tertiary/aromatic N) is 1. The van der Waals surface area contributed by atoms with E-state index in [9.17, 15) is 22.8 Å². The fourth-order valence-corrected chi connectivity index (χ4v) is 4.95. The number of carbonyl (C=O) groups is 2. The van der Waals surface area contributed by atoms with Crippen LogP contribution in [0.3, 0.4) is 0 Å². The van der Waals surface area contributed by atoms with Crippen molar-refractivity contribution in [2.45, 2.75) is 49.6 Å². The van der Waals surface area contributed by atoms with Crippen LogP contribution >= 0.6 is 11.8 Å². The second-order valence-electron chi connectivity index (χ2n) is 8.73. The second-order valence-corrected chi connectivity index (χ2v) is 10.1. The smallest absolute Gasteiger partial charge is 0.310 e. The number of hydrogen-bond donors (Lipinski definition) is 1. The number of fused-ring (bicyclic) bond motifs is 1. The van der Waals surface area contributed by atoms with Crippen molar-refractivity contribution in [3.63, 3.8) is 0 Å². The number of halogens is 3. The number of alkyl halides is 3. The van der Waals surface area contributed by atoms with E-state index in [0.717, 1.165) is 28.3 Å². The Labute approximate surface area is 206 Å². The van der Waals surface area contributed by atoms with Crippen LogP contribution in [0.2, 0.25) is 0 Å². The SMILES string of the molecule is CCSc1ccc(CC(=O)Nc2ccc3c(n2)CCC(C)(c2ccc(C(F)(F)F)cc2)C3=O)cc1. The van der Waals surface area contributed by atoms with Gasteiger partial charge in [0.2, 0.25) is 5.91 Å². The normalized spacial score (nSPS) is 17.7. The fourth-order valence-electron chi connectivity index (χ4n) is 4.29. The number of nitrogens with one attached hydrogen (secondary N) is 1. The Morgan fingerprint density at radius 1 is 1.06 bits per heavy atom. The molecular weight excluding hydrogens is 473 g/mol. The Morgan fingerprint density at radius 3 is 2.37 bits per heavy atom. The summed E-state index contributed by atoms with van der Waals surface area (Å²) in [6.07, 6.45) is -3.33. The Bertz CT molecular complexity index is 1240. The molecule has 0 aliphatic heterocycles. The van der Waals surface area contributed by atoms with Crippen molar-refractivity contribution in [1.82, 2.24) is 4.98 Å². The monoisotopic (exact) mass is 498 g/mol. The van der Waals surface area contributed by atoms with Crippen molar-refractivity contribution < 1.29 is 22.8 Å². The molecule has 0 fully saturated rings. The van der Waals surface area contributed by atoms with Crippen LogP contribution in [0, 0.1) is 0 Å². The van der Waals surface area contributed by atoms with E-state index in [2.05, 4.69) is 17.2 Å². The van der Waals surface area contributed by atoms with E-state index in [0.29, 0.717) is 35.5 Å². The van der Waals surface area contributed by atoms with Crippen molar-refractivity contribution in [1.29, 1.82) is 0 Å². The minimum absolute atomic E-state index is 0.186. The van der Waals surface area contributed by atoms with E-state index in [1.165, 1.54) is 12.1 Å². The molecule has 4 rings (SSSR count). The standard InChI is InChI=1S/C27H25F3N2O2S/c1-3-35-20-10-4-17(5-11-20)16-24(33)32-23-13-12-21-22(31-23)14-15-26(2,25(21)34)18-6-8-19(9-7-18)27(28,29)30/h4-13H,3,14-16H2,1-2H3,(H,31,32,33). The van der Waals surface area contributed by atoms with E-state index in [1.54, 1.807) is 30.8 Å². The molecule has 1 amide bonds. The Hall–Kier alpha value is -3.13. The van der Waals surface area contributed by atoms with Gasteiger partial charge in [0, 0.05) is 10.5 Å². The molecule has 35 heavy (non-hydrogen) atoms. The average molecular weight is 499 g/mol. The van der Waals surface area contributed by atoms with Gasteiger partial charge in [-0.25, -0.2) is 4.98 Å². The van der Waals surface area contributed by atoms with Gasteiger partial charge in [-0.2, -0.15) is 13.2 Å². The zero-order valence-electron chi connectivity index (χ0n) is 19.4. The lowest BCUT2D eigenvalue weighted by molar-refractivity contribution is -0.137. The molecule has 0 saturated carbocycles. The predicted octanol–water partition coefficient (Wildman–Crippen LogP) is 6.48. The maximum Gasteiger partial charge on any atom is 0.416 e. The van der Waals surface area contributed by atoms with Crippen LogP contribution in [-0.4, -0.2) is 22.4 Å². The number of carbonyl (C=O) groups excluding carboxylic acids is 2. The molecule has 1 atom stereocenters. The molecule has 0 bridgehead atoms. The van der Waals surface area contributed by atoms with Crippen LogP contribution in [0.4, 0.5) is 19.0 Å². The molecule has 1 heterocycles. The summed E-state index contributed by atoms with van der Waals surface area (Å²) >= 11 is 1.74. The van der Waals surface area contributed by atoms with Crippen molar-refractivity contribution >= 4 is 29.3 Å². The van der Waals surface area contributed by atoms with Gasteiger partial charge in [0.25, 0.3) is 0 Å². The van der Waals surface area contributed by atoms with Gasteiger partial charge in [0.15, 0.2) is 5.78 Å². The maximum absolute atomic E-state index is 13.3. The van der Waals surface area contributed by atoms with Crippen LogP contribution in [0.15, 0.2) is 65.6 Å². The number of hydrogen-bond acceptors (Lipinski definition) is 4. The summed E-state index contributed by atoms with van der Waals surface area (Å²) in [5.41, 5.74) is 0.765. The van der Waals surface area contributed by atoms with Gasteiger partial charge in [0.1, 0.15) is 5.82 Å². The molecule has 0 spiro atoms. The third kappa shape index (κ3) is 5.42. The second kappa shape index (κ2) is 9.85. The predicted molar refractivity (Wildman–Crippen MR) is 131 cm³/mol. The highest BCUT2D eigenvalue weighted by Gasteiger charge is 2.41. The third-order valence-electron chi connectivity index (χ3n) is 6.30. The maximum atomic E-state index is 13.3. The summed E-state index contributed by atoms with van der Waals surface area (Å²) < 4.78 is 38.8. The van der Waals surface area contributed by atoms with Gasteiger partial charge < -0.3 is 5.32 Å². The van der Waals surface area contributed by atoms with E-state index >= 15 is 0 Å². The van der Waals surface area contributed by atoms with Gasteiger partial charge in [-0.15, -0.1) is 11.8 Å². The molecule has 0 saturated heterocycles. The van der Waals surface area contributed by atoms with Crippen LogP contribution in [0.1, 0.15) is 53.0 Å². The Kier molecular flexibility index (Phi) is 7.03. The van der Waals surface area contributed by atoms with Gasteiger partial charge in [0.05, 0.1) is 23.1 Å². The number of aromatic nitrogens is 1.